The van der Waals surface area contributed by atoms with Crippen LogP contribution in [0.5, 0.6) is 0 Å². The Labute approximate surface area is 165 Å². The van der Waals surface area contributed by atoms with Gasteiger partial charge in [0.05, 0.1) is 35.0 Å². The minimum Gasteiger partial charge on any atom is -0.468 e. The van der Waals surface area contributed by atoms with Crippen molar-refractivity contribution in [2.75, 3.05) is 35.0 Å². The molecule has 1 aliphatic rings. The van der Waals surface area contributed by atoms with Gasteiger partial charge in [-0.2, -0.15) is 0 Å². The summed E-state index contributed by atoms with van der Waals surface area (Å²) in [5.41, 5.74) is -5.68. The summed E-state index contributed by atoms with van der Waals surface area (Å²) in [6, 6.07) is 0. The third kappa shape index (κ3) is 3.28. The van der Waals surface area contributed by atoms with Crippen LogP contribution in [0, 0.1) is 17.3 Å². The number of hydrogen-bond acceptors (Lipinski definition) is 12. The maximum atomic E-state index is 12.8. The van der Waals surface area contributed by atoms with Gasteiger partial charge in [-0.05, 0) is 6.92 Å². The molecular formula is C17H22O12. The summed E-state index contributed by atoms with van der Waals surface area (Å²) in [5, 5.41) is 0. The van der Waals surface area contributed by atoms with Crippen LogP contribution in [0.1, 0.15) is 13.8 Å². The second-order valence-corrected chi connectivity index (χ2v) is 5.92. The van der Waals surface area contributed by atoms with E-state index in [0.29, 0.717) is 0 Å². The summed E-state index contributed by atoms with van der Waals surface area (Å²) >= 11 is 0. The summed E-state index contributed by atoms with van der Waals surface area (Å²) < 4.78 is 28.1. The monoisotopic (exact) mass is 418 g/mol. The number of hydrogen-bond donors (Lipinski definition) is 0. The van der Waals surface area contributed by atoms with Gasteiger partial charge in [0, 0.05) is 5.92 Å². The first-order valence-corrected chi connectivity index (χ1v) is 8.31. The lowest BCUT2D eigenvalue weighted by molar-refractivity contribution is -0.190. The van der Waals surface area contributed by atoms with Crippen molar-refractivity contribution in [3.05, 3.63) is 0 Å². The number of methoxy groups -OCH3 is 4. The van der Waals surface area contributed by atoms with Crippen molar-refractivity contribution in [3.63, 3.8) is 0 Å². The topological polar surface area (TPSA) is 158 Å². The Morgan fingerprint density at radius 1 is 0.897 bits per heavy atom. The maximum absolute atomic E-state index is 12.8. The van der Waals surface area contributed by atoms with Gasteiger partial charge >= 0.3 is 41.4 Å². The maximum Gasteiger partial charge on any atom is 0.362 e. The highest BCUT2D eigenvalue weighted by Gasteiger charge is 2.76. The fourth-order valence-electron chi connectivity index (χ4n) is 3.35. The third-order valence-electron chi connectivity index (χ3n) is 4.71. The van der Waals surface area contributed by atoms with E-state index in [1.807, 2.05) is 0 Å². The van der Waals surface area contributed by atoms with E-state index in [4.69, 9.17) is 9.47 Å². The number of carbonyl (C=O) groups is 6. The van der Waals surface area contributed by atoms with E-state index in [-0.39, 0.29) is 6.61 Å². The lowest BCUT2D eigenvalue weighted by Crippen LogP contribution is -2.59. The SMILES string of the molecule is CCOC(=O)C(C(=O)OC)(C(=O)OC)C1C(=O)OC(C(=O)OC)(C(=O)OC)C1C. The van der Waals surface area contributed by atoms with Crippen molar-refractivity contribution in [1.82, 2.24) is 0 Å². The Morgan fingerprint density at radius 3 is 1.69 bits per heavy atom. The van der Waals surface area contributed by atoms with Gasteiger partial charge in [-0.15, -0.1) is 0 Å². The van der Waals surface area contributed by atoms with Crippen LogP contribution in [-0.2, 0) is 57.2 Å². The van der Waals surface area contributed by atoms with E-state index in [9.17, 15) is 28.8 Å². The van der Waals surface area contributed by atoms with Gasteiger partial charge in [-0.1, -0.05) is 6.92 Å². The van der Waals surface area contributed by atoms with E-state index in [2.05, 4.69) is 18.9 Å². The van der Waals surface area contributed by atoms with Crippen molar-refractivity contribution < 1.29 is 57.2 Å². The zero-order valence-electron chi connectivity index (χ0n) is 16.8. The van der Waals surface area contributed by atoms with Gasteiger partial charge < -0.3 is 28.4 Å². The summed E-state index contributed by atoms with van der Waals surface area (Å²) in [4.78, 5) is 75.6. The van der Waals surface area contributed by atoms with Gasteiger partial charge in [0.1, 0.15) is 5.92 Å². The van der Waals surface area contributed by atoms with E-state index < -0.39 is 58.7 Å². The van der Waals surface area contributed by atoms with Crippen LogP contribution in [0.25, 0.3) is 0 Å². The molecule has 1 heterocycles. The molecular weight excluding hydrogens is 396 g/mol. The van der Waals surface area contributed by atoms with Crippen LogP contribution in [0.2, 0.25) is 0 Å². The first kappa shape index (κ1) is 23.9. The van der Waals surface area contributed by atoms with Crippen molar-refractivity contribution >= 4 is 35.8 Å². The molecule has 1 fully saturated rings. The van der Waals surface area contributed by atoms with Gasteiger partial charge in [0.25, 0.3) is 5.41 Å². The zero-order chi connectivity index (χ0) is 22.6. The van der Waals surface area contributed by atoms with Crippen LogP contribution in [0.3, 0.4) is 0 Å². The van der Waals surface area contributed by atoms with Crippen molar-refractivity contribution in [1.29, 1.82) is 0 Å². The molecule has 2 atom stereocenters. The molecule has 12 nitrogen and oxygen atoms in total. The molecule has 0 aromatic rings. The van der Waals surface area contributed by atoms with E-state index in [1.54, 1.807) is 0 Å². The molecule has 2 unspecified atom stereocenters. The number of cyclic esters (lactones) is 1. The fraction of sp³-hybridized carbons (Fsp3) is 0.647. The second-order valence-electron chi connectivity index (χ2n) is 5.92. The van der Waals surface area contributed by atoms with Crippen molar-refractivity contribution in [2.24, 2.45) is 17.3 Å². The molecule has 0 N–H and O–H groups in total. The summed E-state index contributed by atoms with van der Waals surface area (Å²) in [6.45, 7) is 2.24. The summed E-state index contributed by atoms with van der Waals surface area (Å²) in [6.07, 6.45) is 0. The normalized spacial score (nSPS) is 20.1. The summed E-state index contributed by atoms with van der Waals surface area (Å²) in [5.74, 6) is -12.2. The average Bonchev–Trinajstić information content (AvgIpc) is 2.98. The van der Waals surface area contributed by atoms with Gasteiger partial charge in [0.2, 0.25) is 0 Å². The quantitative estimate of drug-likeness (QED) is 0.276. The van der Waals surface area contributed by atoms with E-state index in [1.165, 1.54) is 6.92 Å². The number of esters is 6. The highest BCUT2D eigenvalue weighted by atomic mass is 16.6. The first-order chi connectivity index (χ1) is 13.6. The van der Waals surface area contributed by atoms with E-state index in [0.717, 1.165) is 35.4 Å². The van der Waals surface area contributed by atoms with Crippen molar-refractivity contribution in [3.8, 4) is 0 Å². The Balaban J connectivity index is 3.85. The molecule has 1 rings (SSSR count). The smallest absolute Gasteiger partial charge is 0.362 e. The summed E-state index contributed by atoms with van der Waals surface area (Å²) in [7, 11) is 3.55. The van der Waals surface area contributed by atoms with Crippen LogP contribution >= 0.6 is 0 Å². The third-order valence-corrected chi connectivity index (χ3v) is 4.71. The highest BCUT2D eigenvalue weighted by molar-refractivity contribution is 6.22. The molecule has 12 heteroatoms. The van der Waals surface area contributed by atoms with E-state index >= 15 is 0 Å². The minimum absolute atomic E-state index is 0.274. The number of ether oxygens (including phenoxy) is 6. The molecule has 162 valence electrons. The number of rotatable bonds is 7. The average molecular weight is 418 g/mol. The molecule has 0 amide bonds. The Kier molecular flexibility index (Phi) is 7.31. The molecule has 0 saturated carbocycles. The van der Waals surface area contributed by atoms with Crippen LogP contribution in [0.4, 0.5) is 0 Å². The Hall–Kier alpha value is -3.18. The Morgan fingerprint density at radius 2 is 1.34 bits per heavy atom. The van der Waals surface area contributed by atoms with Crippen molar-refractivity contribution in [2.45, 2.75) is 19.4 Å². The zero-order valence-corrected chi connectivity index (χ0v) is 16.8. The lowest BCUT2D eigenvalue weighted by Gasteiger charge is -2.32. The molecule has 0 radical (unpaired) electrons. The van der Waals surface area contributed by atoms with Gasteiger partial charge in [-0.25, -0.2) is 9.59 Å². The predicted molar refractivity (Wildman–Crippen MR) is 88.6 cm³/mol. The standard InChI is InChI=1S/C17H22O12/c1-7-28-13(21)16(11(19)24-3,12(20)25-4)9-8(2)17(14(22)26-5,15(23)27-6)29-10(9)18/h8-9H,7H2,1-6H3. The molecule has 0 aliphatic carbocycles. The molecule has 29 heavy (non-hydrogen) atoms. The lowest BCUT2D eigenvalue weighted by atomic mass is 9.66. The highest BCUT2D eigenvalue weighted by Crippen LogP contribution is 2.49. The molecule has 0 aromatic heterocycles. The molecule has 0 aromatic carbocycles. The fourth-order valence-corrected chi connectivity index (χ4v) is 3.35. The molecule has 0 spiro atoms. The van der Waals surface area contributed by atoms with Gasteiger partial charge in [-0.3, -0.25) is 19.2 Å². The van der Waals surface area contributed by atoms with Crippen LogP contribution in [0.15, 0.2) is 0 Å². The van der Waals surface area contributed by atoms with Gasteiger partial charge in [0.15, 0.2) is 0 Å². The molecule has 0 bridgehead atoms. The van der Waals surface area contributed by atoms with Crippen LogP contribution in [-0.4, -0.2) is 76.5 Å². The number of carbonyl (C=O) groups excluding carboxylic acids is 6. The Bertz CT molecular complexity index is 692. The largest absolute Gasteiger partial charge is 0.468 e. The van der Waals surface area contributed by atoms with Crippen LogP contribution < -0.4 is 0 Å². The minimum atomic E-state index is -3.00. The molecule has 1 saturated heterocycles. The predicted octanol–water partition coefficient (Wildman–Crippen LogP) is -1.22. The first-order valence-electron chi connectivity index (χ1n) is 8.31. The second kappa shape index (κ2) is 8.88. The molecule has 1 aliphatic heterocycles.